The Hall–Kier alpha value is 0.160. The SMILES string of the molecule is CC([NH3+])(O)P(=O)(O)O.CC([NH3+])(O)P(=O)(O)O.O=[P+]([O-])[O-]. The van der Waals surface area contributed by atoms with Crippen LogP contribution in [-0.4, -0.2) is 40.7 Å². The van der Waals surface area contributed by atoms with Crippen molar-refractivity contribution in [3.05, 3.63) is 0 Å². The highest BCUT2D eigenvalue weighted by Crippen LogP contribution is 2.43. The quantitative estimate of drug-likeness (QED) is 0.169. The highest BCUT2D eigenvalue weighted by molar-refractivity contribution is 7.53. The van der Waals surface area contributed by atoms with E-state index in [9.17, 15) is 9.13 Å². The molecule has 0 radical (unpaired) electrons. The molecule has 0 heterocycles. The minimum Gasteiger partial charge on any atom is -0.598 e. The monoisotopic (exact) mass is 363 g/mol. The predicted molar refractivity (Wildman–Crippen MR) is 58.7 cm³/mol. The molecule has 0 aromatic heterocycles. The van der Waals surface area contributed by atoms with Crippen molar-refractivity contribution in [2.24, 2.45) is 0 Å². The molecule has 124 valence electrons. The summed E-state index contributed by atoms with van der Waals surface area (Å²) in [5.74, 6) is 0. The van der Waals surface area contributed by atoms with Crippen molar-refractivity contribution in [1.82, 2.24) is 0 Å². The summed E-state index contributed by atoms with van der Waals surface area (Å²) >= 11 is 0. The molecule has 2 atom stereocenters. The fraction of sp³-hybridized carbons (Fsp3) is 1.00. The molecule has 0 aromatic rings. The lowest BCUT2D eigenvalue weighted by Crippen LogP contribution is -2.70. The second-order valence-electron chi connectivity index (χ2n) is 3.75. The Morgan fingerprint density at radius 3 is 0.950 bits per heavy atom. The van der Waals surface area contributed by atoms with E-state index < -0.39 is 34.4 Å². The first kappa shape index (κ1) is 25.1. The normalized spacial score (nSPS) is 17.4. The summed E-state index contributed by atoms with van der Waals surface area (Å²) in [6, 6.07) is 0. The minimum atomic E-state index is -4.41. The van der Waals surface area contributed by atoms with Crippen molar-refractivity contribution < 1.29 is 64.7 Å². The molecule has 0 aliphatic heterocycles. The Balaban J connectivity index is -0.000000230. The Labute approximate surface area is 114 Å². The van der Waals surface area contributed by atoms with E-state index in [1.165, 1.54) is 0 Å². The van der Waals surface area contributed by atoms with Gasteiger partial charge in [0.25, 0.3) is 19.2 Å². The molecular formula is C4H18N2O11P3+. The zero-order valence-corrected chi connectivity index (χ0v) is 13.2. The van der Waals surface area contributed by atoms with Crippen LogP contribution < -0.4 is 21.3 Å². The van der Waals surface area contributed by atoms with Gasteiger partial charge in [0.2, 0.25) is 0 Å². The lowest BCUT2D eigenvalue weighted by Gasteiger charge is -2.13. The van der Waals surface area contributed by atoms with E-state index in [4.69, 9.17) is 44.1 Å². The van der Waals surface area contributed by atoms with E-state index in [1.54, 1.807) is 0 Å². The third kappa shape index (κ3) is 16.2. The molecule has 0 aliphatic rings. The van der Waals surface area contributed by atoms with Gasteiger partial charge < -0.3 is 51.0 Å². The van der Waals surface area contributed by atoms with Gasteiger partial charge in [0.1, 0.15) is 0 Å². The maximum absolute atomic E-state index is 10.0. The molecule has 20 heavy (non-hydrogen) atoms. The first-order valence-electron chi connectivity index (χ1n) is 4.31. The maximum Gasteiger partial charge on any atom is 0.414 e. The molecule has 2 unspecified atom stereocenters. The summed E-state index contributed by atoms with van der Waals surface area (Å²) in [7, 11) is -12.2. The van der Waals surface area contributed by atoms with Crippen LogP contribution in [0.5, 0.6) is 0 Å². The Morgan fingerprint density at radius 2 is 0.950 bits per heavy atom. The van der Waals surface area contributed by atoms with Gasteiger partial charge in [0.05, 0.1) is 0 Å². The van der Waals surface area contributed by atoms with E-state index in [0.717, 1.165) is 13.8 Å². The summed E-state index contributed by atoms with van der Waals surface area (Å²) in [6.07, 6.45) is 0. The third-order valence-electron chi connectivity index (χ3n) is 1.26. The Bertz CT molecular complexity index is 349. The average Bonchev–Trinajstić information content (AvgIpc) is 1.94. The van der Waals surface area contributed by atoms with Gasteiger partial charge in [-0.05, 0) is 0 Å². The summed E-state index contributed by atoms with van der Waals surface area (Å²) in [6.45, 7) is 1.90. The second kappa shape index (κ2) is 8.57. The van der Waals surface area contributed by atoms with Crippen molar-refractivity contribution in [2.45, 2.75) is 24.8 Å². The summed E-state index contributed by atoms with van der Waals surface area (Å²) in [5.41, 5.74) is 1.38. The first-order chi connectivity index (χ1) is 8.23. The number of quaternary nitrogens is 2. The molecule has 12 N–H and O–H groups in total. The molecule has 0 rings (SSSR count). The molecule has 0 saturated carbocycles. The lowest BCUT2D eigenvalue weighted by atomic mass is 10.7. The van der Waals surface area contributed by atoms with Gasteiger partial charge in [-0.1, -0.05) is 4.57 Å². The average molecular weight is 363 g/mol. The molecule has 13 nitrogen and oxygen atoms in total. The van der Waals surface area contributed by atoms with Gasteiger partial charge in [-0.15, -0.1) is 0 Å². The molecule has 0 bridgehead atoms. The molecule has 16 heteroatoms. The maximum atomic E-state index is 10.0. The van der Waals surface area contributed by atoms with Crippen LogP contribution >= 0.6 is 23.4 Å². The number of rotatable bonds is 2. The minimum absolute atomic E-state index is 0.952. The van der Waals surface area contributed by atoms with Crippen LogP contribution in [0.4, 0.5) is 0 Å². The van der Waals surface area contributed by atoms with Gasteiger partial charge in [-0.25, -0.2) is 0 Å². The van der Waals surface area contributed by atoms with Crippen LogP contribution in [0.15, 0.2) is 0 Å². The lowest BCUT2D eigenvalue weighted by molar-refractivity contribution is -0.507. The van der Waals surface area contributed by atoms with Crippen LogP contribution in [0.25, 0.3) is 0 Å². The van der Waals surface area contributed by atoms with Crippen LogP contribution in [0.2, 0.25) is 0 Å². The fourth-order valence-corrected chi connectivity index (χ4v) is 0. The largest absolute Gasteiger partial charge is 0.598 e. The molecular weight excluding hydrogens is 345 g/mol. The highest BCUT2D eigenvalue weighted by atomic mass is 31.2. The van der Waals surface area contributed by atoms with Crippen molar-refractivity contribution in [1.29, 1.82) is 0 Å². The third-order valence-corrected chi connectivity index (χ3v) is 3.77. The molecule has 0 fully saturated rings. The van der Waals surface area contributed by atoms with Crippen molar-refractivity contribution in [3.8, 4) is 0 Å². The van der Waals surface area contributed by atoms with Crippen LogP contribution in [0.3, 0.4) is 0 Å². The van der Waals surface area contributed by atoms with Gasteiger partial charge in [-0.2, -0.15) is 0 Å². The zero-order valence-electron chi connectivity index (χ0n) is 10.5. The predicted octanol–water partition coefficient (Wildman–Crippen LogP) is -5.49. The smallest absolute Gasteiger partial charge is 0.414 e. The topological polar surface area (TPSA) is 274 Å². The van der Waals surface area contributed by atoms with Crippen molar-refractivity contribution in [2.75, 3.05) is 0 Å². The summed E-state index contributed by atoms with van der Waals surface area (Å²) in [5, 5.41) is 17.0. The Kier molecular flexibility index (Phi) is 10.8. The number of hydrogen-bond acceptors (Lipinski definition) is 7. The van der Waals surface area contributed by atoms with Crippen molar-refractivity contribution in [3.63, 3.8) is 0 Å². The van der Waals surface area contributed by atoms with E-state index in [1.807, 2.05) is 0 Å². The molecule has 0 aromatic carbocycles. The fourth-order valence-electron chi connectivity index (χ4n) is 0. The van der Waals surface area contributed by atoms with E-state index >= 15 is 0 Å². The highest BCUT2D eigenvalue weighted by Gasteiger charge is 2.41. The summed E-state index contributed by atoms with van der Waals surface area (Å²) < 4.78 is 28.6. The van der Waals surface area contributed by atoms with Crippen LogP contribution in [0.1, 0.15) is 13.8 Å². The molecule has 0 aliphatic carbocycles. The van der Waals surface area contributed by atoms with E-state index in [2.05, 4.69) is 11.5 Å². The number of aliphatic hydroxyl groups is 2. The summed E-state index contributed by atoms with van der Waals surface area (Å²) in [4.78, 5) is 49.6. The number of hydrogen-bond donors (Lipinski definition) is 8. The molecule has 0 amide bonds. The first-order valence-corrected chi connectivity index (χ1v) is 8.63. The van der Waals surface area contributed by atoms with Crippen LogP contribution in [-0.2, 0) is 13.7 Å². The van der Waals surface area contributed by atoms with Crippen molar-refractivity contribution >= 4 is 23.4 Å². The standard InChI is InChI=1S/2C2H8NO4P.HO3P/c2*1-2(3,4)8(5,6)7;1-4(2)3/h2*4H,3H2,1H3,(H2,5,6,7);(H,1,2,3)/p+1. The van der Waals surface area contributed by atoms with Gasteiger partial charge in [-0.3, -0.25) is 9.13 Å². The molecule has 0 saturated heterocycles. The molecule has 0 spiro atoms. The van der Waals surface area contributed by atoms with Gasteiger partial charge in [0, 0.05) is 13.8 Å². The van der Waals surface area contributed by atoms with Crippen LogP contribution in [0, 0.1) is 0 Å². The Morgan fingerprint density at radius 1 is 0.900 bits per heavy atom. The second-order valence-corrected chi connectivity index (χ2v) is 8.30. The van der Waals surface area contributed by atoms with E-state index in [-0.39, 0.29) is 0 Å². The zero-order chi connectivity index (χ0) is 17.6. The van der Waals surface area contributed by atoms with Gasteiger partial charge in [0.15, 0.2) is 0 Å². The van der Waals surface area contributed by atoms with E-state index in [0.29, 0.717) is 0 Å². The van der Waals surface area contributed by atoms with Gasteiger partial charge >= 0.3 is 15.2 Å².